The van der Waals surface area contributed by atoms with E-state index in [1.54, 1.807) is 6.92 Å². The monoisotopic (exact) mass is 389 g/mol. The minimum atomic E-state index is -0.360. The van der Waals surface area contributed by atoms with Crippen molar-refractivity contribution in [2.24, 2.45) is 11.8 Å². The predicted octanol–water partition coefficient (Wildman–Crippen LogP) is 1.77. The number of fused-ring (bicyclic) bond motifs is 2. The number of aromatic amines is 1. The van der Waals surface area contributed by atoms with E-state index in [9.17, 15) is 14.4 Å². The molecule has 2 aromatic heterocycles. The van der Waals surface area contributed by atoms with E-state index in [0.29, 0.717) is 30.5 Å². The number of hydrogen-bond acceptors (Lipinski definition) is 5. The lowest BCUT2D eigenvalue weighted by atomic mass is 9.85. The van der Waals surface area contributed by atoms with Gasteiger partial charge in [-0.3, -0.25) is 19.5 Å². The third-order valence-corrected chi connectivity index (χ3v) is 5.73. The van der Waals surface area contributed by atoms with Crippen LogP contribution >= 0.6 is 0 Å². The Kier molecular flexibility index (Phi) is 3.94. The molecule has 29 heavy (non-hydrogen) atoms. The van der Waals surface area contributed by atoms with Crippen LogP contribution in [0.3, 0.4) is 0 Å². The number of rotatable bonds is 3. The average Bonchev–Trinajstić information content (AvgIpc) is 3.25. The van der Waals surface area contributed by atoms with Crippen molar-refractivity contribution in [1.29, 1.82) is 0 Å². The number of nitrogens with zero attached hydrogens (tertiary/aromatic N) is 4. The summed E-state index contributed by atoms with van der Waals surface area (Å²) < 4.78 is 1.21. The Bertz CT molecular complexity index is 1200. The molecule has 1 aromatic carbocycles. The molecule has 1 saturated heterocycles. The van der Waals surface area contributed by atoms with Crippen LogP contribution in [0.15, 0.2) is 47.3 Å². The molecule has 1 aliphatic carbocycles. The van der Waals surface area contributed by atoms with E-state index in [-0.39, 0.29) is 40.9 Å². The highest BCUT2D eigenvalue weighted by atomic mass is 16.2. The summed E-state index contributed by atoms with van der Waals surface area (Å²) in [5, 5.41) is 2.82. The highest BCUT2D eigenvalue weighted by molar-refractivity contribution is 6.21. The first-order valence-corrected chi connectivity index (χ1v) is 9.59. The molecule has 2 atom stereocenters. The molecule has 0 saturated carbocycles. The van der Waals surface area contributed by atoms with Gasteiger partial charge >= 0.3 is 0 Å². The second kappa shape index (κ2) is 6.51. The van der Waals surface area contributed by atoms with E-state index in [1.807, 2.05) is 42.5 Å². The first-order chi connectivity index (χ1) is 14.0. The zero-order valence-corrected chi connectivity index (χ0v) is 15.8. The van der Waals surface area contributed by atoms with Gasteiger partial charge in [0.25, 0.3) is 11.3 Å². The van der Waals surface area contributed by atoms with Gasteiger partial charge < -0.3 is 0 Å². The second-order valence-electron chi connectivity index (χ2n) is 7.49. The highest BCUT2D eigenvalue weighted by Gasteiger charge is 2.49. The van der Waals surface area contributed by atoms with Gasteiger partial charge in [-0.2, -0.15) is 9.50 Å². The summed E-state index contributed by atoms with van der Waals surface area (Å²) >= 11 is 0. The number of benzene rings is 1. The van der Waals surface area contributed by atoms with Crippen molar-refractivity contribution in [3.8, 4) is 0 Å². The number of hydrogen-bond donors (Lipinski definition) is 1. The van der Waals surface area contributed by atoms with Crippen molar-refractivity contribution in [3.63, 3.8) is 0 Å². The summed E-state index contributed by atoms with van der Waals surface area (Å²) in [6.07, 6.45) is 5.39. The van der Waals surface area contributed by atoms with Crippen LogP contribution in [0.1, 0.15) is 29.7 Å². The maximum atomic E-state index is 13.0. The Hall–Kier alpha value is -3.55. The van der Waals surface area contributed by atoms with Crippen molar-refractivity contribution in [1.82, 2.24) is 19.6 Å². The first kappa shape index (κ1) is 17.5. The number of H-pyrrole nitrogens is 1. The third-order valence-electron chi connectivity index (χ3n) is 5.73. The lowest BCUT2D eigenvalue weighted by molar-refractivity contribution is -0.122. The van der Waals surface area contributed by atoms with E-state index in [2.05, 4.69) is 15.1 Å². The molecule has 1 aliphatic heterocycles. The Morgan fingerprint density at radius 2 is 1.66 bits per heavy atom. The maximum absolute atomic E-state index is 13.0. The van der Waals surface area contributed by atoms with E-state index in [4.69, 9.17) is 0 Å². The summed E-state index contributed by atoms with van der Waals surface area (Å²) in [6, 6.07) is 9.65. The Labute approximate surface area is 165 Å². The van der Waals surface area contributed by atoms with Gasteiger partial charge in [0.1, 0.15) is 0 Å². The standard InChI is InChI=1S/C21H19N5O3/c1-12-16(11-13-7-3-2-4-8-13)19(29)26-20(22-12)23-21(24-26)25-17(27)14-9-5-6-10-15(14)18(25)28/h2-8,14-15H,9-11H2,1H3,(H,22,23,24)/t14-,15-/m0/s1. The van der Waals surface area contributed by atoms with Crippen LogP contribution in [-0.2, 0) is 16.0 Å². The Morgan fingerprint density at radius 3 is 2.31 bits per heavy atom. The Morgan fingerprint density at radius 1 is 1.00 bits per heavy atom. The van der Waals surface area contributed by atoms with Crippen LogP contribution < -0.4 is 10.5 Å². The quantitative estimate of drug-likeness (QED) is 0.544. The molecule has 1 fully saturated rings. The minimum absolute atomic E-state index is 0.0512. The summed E-state index contributed by atoms with van der Waals surface area (Å²) in [4.78, 5) is 48.4. The van der Waals surface area contributed by atoms with Crippen molar-refractivity contribution in [2.45, 2.75) is 26.2 Å². The van der Waals surface area contributed by atoms with Crippen LogP contribution in [0.25, 0.3) is 5.78 Å². The molecular weight excluding hydrogens is 370 g/mol. The zero-order chi connectivity index (χ0) is 20.1. The van der Waals surface area contributed by atoms with Crippen LogP contribution in [0.5, 0.6) is 0 Å². The van der Waals surface area contributed by atoms with Gasteiger partial charge in [0.15, 0.2) is 0 Å². The van der Waals surface area contributed by atoms with Crippen molar-refractivity contribution < 1.29 is 9.59 Å². The number of aromatic nitrogens is 4. The van der Waals surface area contributed by atoms with Crippen LogP contribution in [0, 0.1) is 18.8 Å². The molecule has 5 rings (SSSR count). The zero-order valence-electron chi connectivity index (χ0n) is 15.8. The molecule has 3 heterocycles. The van der Waals surface area contributed by atoms with Crippen molar-refractivity contribution >= 4 is 23.5 Å². The third kappa shape index (κ3) is 2.71. The topological polar surface area (TPSA) is 100 Å². The maximum Gasteiger partial charge on any atom is 0.277 e. The van der Waals surface area contributed by atoms with Gasteiger partial charge in [-0.05, 0) is 25.3 Å². The van der Waals surface area contributed by atoms with E-state index >= 15 is 0 Å². The fourth-order valence-corrected chi connectivity index (χ4v) is 4.16. The number of carbonyl (C=O) groups is 2. The van der Waals surface area contributed by atoms with Gasteiger partial charge in [0.05, 0.1) is 17.5 Å². The molecule has 0 unspecified atom stereocenters. The van der Waals surface area contributed by atoms with E-state index in [1.165, 1.54) is 4.52 Å². The molecule has 2 aliphatic rings. The lowest BCUT2D eigenvalue weighted by Gasteiger charge is -2.14. The molecule has 3 aromatic rings. The number of allylic oxidation sites excluding steroid dienone is 2. The van der Waals surface area contributed by atoms with Crippen molar-refractivity contribution in [3.05, 3.63) is 69.7 Å². The number of aryl methyl sites for hydroxylation is 1. The van der Waals surface area contributed by atoms with Gasteiger partial charge in [-0.25, -0.2) is 9.88 Å². The number of anilines is 1. The average molecular weight is 389 g/mol. The number of imide groups is 1. The summed E-state index contributed by atoms with van der Waals surface area (Å²) in [5.41, 5.74) is 1.83. The molecule has 2 amide bonds. The van der Waals surface area contributed by atoms with E-state index < -0.39 is 0 Å². The van der Waals surface area contributed by atoms with E-state index in [0.717, 1.165) is 10.5 Å². The molecular formula is C21H19N5O3. The summed E-state index contributed by atoms with van der Waals surface area (Å²) in [5.74, 6) is -1.08. The number of nitrogens with one attached hydrogen (secondary N) is 1. The predicted molar refractivity (Wildman–Crippen MR) is 105 cm³/mol. The lowest BCUT2D eigenvalue weighted by Crippen LogP contribution is -2.32. The molecule has 0 bridgehead atoms. The van der Waals surface area contributed by atoms with Gasteiger partial charge in [0, 0.05) is 12.0 Å². The van der Waals surface area contributed by atoms with Crippen LogP contribution in [-0.4, -0.2) is 31.4 Å². The Balaban J connectivity index is 1.56. The number of amides is 2. The fourth-order valence-electron chi connectivity index (χ4n) is 4.16. The normalized spacial score (nSPS) is 21.2. The largest absolute Gasteiger partial charge is 0.277 e. The fraction of sp³-hybridized carbons (Fsp3) is 0.286. The molecule has 8 nitrogen and oxygen atoms in total. The second-order valence-corrected chi connectivity index (χ2v) is 7.49. The SMILES string of the molecule is Cc1nc2nc(N3C(=O)[C@H]4CC=CC[C@@H]4C3=O)[nH]n2c(=O)c1Cc1ccccc1. The van der Waals surface area contributed by atoms with Crippen molar-refractivity contribution in [2.75, 3.05) is 4.90 Å². The van der Waals surface area contributed by atoms with Gasteiger partial charge in [0.2, 0.25) is 17.8 Å². The van der Waals surface area contributed by atoms with Crippen LogP contribution in [0.2, 0.25) is 0 Å². The molecule has 0 spiro atoms. The number of carbonyl (C=O) groups excluding carboxylic acids is 2. The molecule has 1 N–H and O–H groups in total. The molecule has 146 valence electrons. The smallest absolute Gasteiger partial charge is 0.274 e. The minimum Gasteiger partial charge on any atom is -0.274 e. The summed E-state index contributed by atoms with van der Waals surface area (Å²) in [7, 11) is 0. The van der Waals surface area contributed by atoms with Gasteiger partial charge in [-0.1, -0.05) is 42.5 Å². The van der Waals surface area contributed by atoms with Gasteiger partial charge in [-0.15, -0.1) is 0 Å². The summed E-state index contributed by atoms with van der Waals surface area (Å²) in [6.45, 7) is 1.76. The molecule has 0 radical (unpaired) electrons. The van der Waals surface area contributed by atoms with Crippen LogP contribution in [0.4, 0.5) is 5.95 Å². The first-order valence-electron chi connectivity index (χ1n) is 9.59. The molecule has 8 heteroatoms. The highest BCUT2D eigenvalue weighted by Crippen LogP contribution is 2.36.